The average Bonchev–Trinajstić information content (AvgIpc) is 2.56. The van der Waals surface area contributed by atoms with Gasteiger partial charge >= 0.3 is 7.12 Å². The van der Waals surface area contributed by atoms with Gasteiger partial charge in [0.15, 0.2) is 0 Å². The Hall–Kier alpha value is -1.07. The highest BCUT2D eigenvalue weighted by molar-refractivity contribution is 6.62. The second kappa shape index (κ2) is 4.48. The van der Waals surface area contributed by atoms with Gasteiger partial charge in [0.25, 0.3) is 0 Å². The summed E-state index contributed by atoms with van der Waals surface area (Å²) in [5.74, 6) is 1.08. The van der Waals surface area contributed by atoms with Crippen LogP contribution in [0.4, 0.5) is 5.82 Å². The van der Waals surface area contributed by atoms with Gasteiger partial charge < -0.3 is 14.2 Å². The van der Waals surface area contributed by atoms with Crippen LogP contribution in [0.25, 0.3) is 0 Å². The SMILES string of the molecule is CC1(C)OB(c2ccc(N3CC4(CCC4)C3)nc2)OC1(C)C. The number of pyridine rings is 1. The fraction of sp³-hybridized carbons (Fsp3) is 0.706. The Morgan fingerprint density at radius 1 is 1.05 bits per heavy atom. The predicted molar refractivity (Wildman–Crippen MR) is 88.5 cm³/mol. The predicted octanol–water partition coefficient (Wildman–Crippen LogP) is 2.37. The van der Waals surface area contributed by atoms with Crippen LogP contribution in [0, 0.1) is 5.41 Å². The molecule has 3 heterocycles. The molecule has 1 saturated carbocycles. The van der Waals surface area contributed by atoms with Gasteiger partial charge in [-0.25, -0.2) is 4.98 Å². The molecular formula is C17H25BN2O2. The average molecular weight is 300 g/mol. The van der Waals surface area contributed by atoms with Crippen molar-refractivity contribution in [3.8, 4) is 0 Å². The number of aromatic nitrogens is 1. The molecule has 1 aromatic heterocycles. The first-order valence-electron chi connectivity index (χ1n) is 8.37. The Balaban J connectivity index is 1.45. The molecule has 4 rings (SSSR count). The molecule has 0 aromatic carbocycles. The van der Waals surface area contributed by atoms with Gasteiger partial charge in [0, 0.05) is 30.2 Å². The Morgan fingerprint density at radius 3 is 2.14 bits per heavy atom. The van der Waals surface area contributed by atoms with Crippen molar-refractivity contribution in [2.45, 2.75) is 58.2 Å². The van der Waals surface area contributed by atoms with Crippen LogP contribution in [0.5, 0.6) is 0 Å². The summed E-state index contributed by atoms with van der Waals surface area (Å²) in [7, 11) is -0.319. The molecule has 0 bridgehead atoms. The van der Waals surface area contributed by atoms with Gasteiger partial charge in [0.2, 0.25) is 0 Å². The lowest BCUT2D eigenvalue weighted by Crippen LogP contribution is -2.60. The van der Waals surface area contributed by atoms with Crippen molar-refractivity contribution in [1.29, 1.82) is 0 Å². The van der Waals surface area contributed by atoms with Gasteiger partial charge in [-0.15, -0.1) is 0 Å². The zero-order valence-corrected chi connectivity index (χ0v) is 14.1. The van der Waals surface area contributed by atoms with E-state index in [1.807, 2.05) is 6.20 Å². The van der Waals surface area contributed by atoms with Crippen LogP contribution in [0.15, 0.2) is 18.3 Å². The topological polar surface area (TPSA) is 34.6 Å². The smallest absolute Gasteiger partial charge is 0.399 e. The highest BCUT2D eigenvalue weighted by Gasteiger charge is 2.52. The standard InChI is InChI=1S/C17H25BN2O2/c1-15(2)16(3,4)22-18(21-15)13-6-7-14(19-10-13)20-11-17(12-20)8-5-9-17/h6-7,10H,5,8-9,11-12H2,1-4H3. The van der Waals surface area contributed by atoms with E-state index in [0.29, 0.717) is 5.41 Å². The molecule has 0 radical (unpaired) electrons. The summed E-state index contributed by atoms with van der Waals surface area (Å²) in [5, 5.41) is 0. The summed E-state index contributed by atoms with van der Waals surface area (Å²) >= 11 is 0. The molecule has 0 atom stereocenters. The second-order valence-corrected chi connectivity index (χ2v) is 8.25. The fourth-order valence-corrected chi connectivity index (χ4v) is 3.62. The van der Waals surface area contributed by atoms with Crippen molar-refractivity contribution in [1.82, 2.24) is 4.98 Å². The van der Waals surface area contributed by atoms with Gasteiger partial charge in [-0.3, -0.25) is 0 Å². The van der Waals surface area contributed by atoms with Crippen LogP contribution in [-0.2, 0) is 9.31 Å². The molecule has 3 fully saturated rings. The Labute approximate surface area is 133 Å². The summed E-state index contributed by atoms with van der Waals surface area (Å²) in [5.41, 5.74) is 1.03. The monoisotopic (exact) mass is 300 g/mol. The molecule has 5 heteroatoms. The zero-order chi connectivity index (χ0) is 15.6. The summed E-state index contributed by atoms with van der Waals surface area (Å²) in [4.78, 5) is 7.01. The summed E-state index contributed by atoms with van der Waals surface area (Å²) in [6.07, 6.45) is 6.11. The Bertz CT molecular complexity index is 557. The molecular weight excluding hydrogens is 275 g/mol. The van der Waals surface area contributed by atoms with Crippen LogP contribution in [0.2, 0.25) is 0 Å². The van der Waals surface area contributed by atoms with E-state index in [4.69, 9.17) is 9.31 Å². The number of anilines is 1. The molecule has 118 valence electrons. The first kappa shape index (κ1) is 14.5. The van der Waals surface area contributed by atoms with Crippen molar-refractivity contribution in [2.75, 3.05) is 18.0 Å². The molecule has 1 aromatic rings. The van der Waals surface area contributed by atoms with E-state index in [1.165, 1.54) is 32.4 Å². The lowest BCUT2D eigenvalue weighted by molar-refractivity contribution is 0.00578. The third kappa shape index (κ3) is 2.09. The highest BCUT2D eigenvalue weighted by atomic mass is 16.7. The van der Waals surface area contributed by atoms with E-state index < -0.39 is 0 Å². The lowest BCUT2D eigenvalue weighted by Gasteiger charge is -2.56. The van der Waals surface area contributed by atoms with Gasteiger partial charge in [-0.1, -0.05) is 12.5 Å². The molecule has 2 aliphatic heterocycles. The molecule has 2 saturated heterocycles. The molecule has 22 heavy (non-hydrogen) atoms. The first-order chi connectivity index (χ1) is 10.3. The molecule has 0 amide bonds. The minimum atomic E-state index is -0.319. The van der Waals surface area contributed by atoms with E-state index in [9.17, 15) is 0 Å². The number of hydrogen-bond acceptors (Lipinski definition) is 4. The molecule has 1 spiro atoms. The molecule has 0 unspecified atom stereocenters. The summed E-state index contributed by atoms with van der Waals surface area (Å²) in [6.45, 7) is 10.7. The first-order valence-corrected chi connectivity index (χ1v) is 8.37. The molecule has 1 aliphatic carbocycles. The maximum atomic E-state index is 6.07. The number of rotatable bonds is 2. The quantitative estimate of drug-likeness (QED) is 0.785. The largest absolute Gasteiger partial charge is 0.496 e. The Kier molecular flexibility index (Phi) is 2.96. The van der Waals surface area contributed by atoms with Crippen LogP contribution in [0.1, 0.15) is 47.0 Å². The lowest BCUT2D eigenvalue weighted by atomic mass is 9.63. The van der Waals surface area contributed by atoms with Crippen LogP contribution >= 0.6 is 0 Å². The maximum absolute atomic E-state index is 6.07. The zero-order valence-electron chi connectivity index (χ0n) is 14.1. The van der Waals surface area contributed by atoms with Crippen molar-refractivity contribution in [3.05, 3.63) is 18.3 Å². The minimum Gasteiger partial charge on any atom is -0.399 e. The van der Waals surface area contributed by atoms with Crippen LogP contribution < -0.4 is 10.4 Å². The van der Waals surface area contributed by atoms with E-state index in [0.717, 1.165) is 11.3 Å². The number of nitrogens with zero attached hydrogens (tertiary/aromatic N) is 2. The normalized spacial score (nSPS) is 27.6. The Morgan fingerprint density at radius 2 is 1.68 bits per heavy atom. The van der Waals surface area contributed by atoms with E-state index in [2.05, 4.69) is 49.7 Å². The minimum absolute atomic E-state index is 0.301. The number of hydrogen-bond donors (Lipinski definition) is 0. The van der Waals surface area contributed by atoms with Crippen LogP contribution in [-0.4, -0.2) is 36.4 Å². The molecule has 0 N–H and O–H groups in total. The van der Waals surface area contributed by atoms with E-state index in [1.54, 1.807) is 0 Å². The highest BCUT2D eigenvalue weighted by Crippen LogP contribution is 2.49. The third-order valence-electron chi connectivity index (χ3n) is 6.09. The van der Waals surface area contributed by atoms with E-state index in [-0.39, 0.29) is 18.3 Å². The summed E-state index contributed by atoms with van der Waals surface area (Å²) < 4.78 is 12.1. The third-order valence-corrected chi connectivity index (χ3v) is 6.09. The van der Waals surface area contributed by atoms with Gasteiger partial charge in [0.05, 0.1) is 11.2 Å². The van der Waals surface area contributed by atoms with Crippen molar-refractivity contribution in [2.24, 2.45) is 5.41 Å². The molecule has 3 aliphatic rings. The van der Waals surface area contributed by atoms with Crippen molar-refractivity contribution >= 4 is 18.4 Å². The second-order valence-electron chi connectivity index (χ2n) is 8.25. The van der Waals surface area contributed by atoms with Gasteiger partial charge in [-0.2, -0.15) is 0 Å². The maximum Gasteiger partial charge on any atom is 0.496 e. The summed E-state index contributed by atoms with van der Waals surface area (Å²) in [6, 6.07) is 4.20. The molecule has 4 nitrogen and oxygen atoms in total. The van der Waals surface area contributed by atoms with Crippen LogP contribution in [0.3, 0.4) is 0 Å². The van der Waals surface area contributed by atoms with Crippen molar-refractivity contribution in [3.63, 3.8) is 0 Å². The van der Waals surface area contributed by atoms with Crippen molar-refractivity contribution < 1.29 is 9.31 Å². The fourth-order valence-electron chi connectivity index (χ4n) is 3.62. The van der Waals surface area contributed by atoms with Gasteiger partial charge in [-0.05, 0) is 46.6 Å². The van der Waals surface area contributed by atoms with E-state index >= 15 is 0 Å². The van der Waals surface area contributed by atoms with Gasteiger partial charge in [0.1, 0.15) is 5.82 Å².